The average molecular weight is 333 g/mol. The molecule has 6 heteroatoms. The van der Waals surface area contributed by atoms with Crippen LogP contribution in [0.3, 0.4) is 0 Å². The van der Waals surface area contributed by atoms with Crippen molar-refractivity contribution in [1.29, 1.82) is 0 Å². The molecule has 5 nitrogen and oxygen atoms in total. The van der Waals surface area contributed by atoms with Crippen LogP contribution in [0.25, 0.3) is 0 Å². The Balaban J connectivity index is 1.80. The van der Waals surface area contributed by atoms with Crippen LogP contribution in [0.15, 0.2) is 48.5 Å². The van der Waals surface area contributed by atoms with E-state index in [0.29, 0.717) is 5.02 Å². The Morgan fingerprint density at radius 3 is 2.17 bits per heavy atom. The maximum absolute atomic E-state index is 11.8. The molecule has 0 atom stereocenters. The molecule has 2 aromatic carbocycles. The summed E-state index contributed by atoms with van der Waals surface area (Å²) in [7, 11) is 1.58. The topological polar surface area (TPSA) is 67.4 Å². The van der Waals surface area contributed by atoms with Gasteiger partial charge in [-0.3, -0.25) is 9.59 Å². The Morgan fingerprint density at radius 2 is 1.57 bits per heavy atom. The fraction of sp³-hybridized carbons (Fsp3) is 0.176. The minimum absolute atomic E-state index is 0.203. The molecule has 0 aliphatic carbocycles. The summed E-state index contributed by atoms with van der Waals surface area (Å²) in [6.07, 6.45) is 0. The van der Waals surface area contributed by atoms with E-state index >= 15 is 0 Å². The van der Waals surface area contributed by atoms with E-state index in [2.05, 4.69) is 10.6 Å². The van der Waals surface area contributed by atoms with E-state index in [1.807, 2.05) is 18.2 Å². The van der Waals surface area contributed by atoms with Crippen molar-refractivity contribution in [2.75, 3.05) is 7.11 Å². The molecular formula is C17H17ClN2O3. The predicted molar refractivity (Wildman–Crippen MR) is 88.1 cm³/mol. The van der Waals surface area contributed by atoms with Crippen LogP contribution >= 0.6 is 11.6 Å². The third-order valence-electron chi connectivity index (χ3n) is 3.22. The Hall–Kier alpha value is -2.53. The van der Waals surface area contributed by atoms with E-state index in [1.165, 1.54) is 0 Å². The third kappa shape index (κ3) is 5.00. The van der Waals surface area contributed by atoms with Crippen LogP contribution in [-0.2, 0) is 22.7 Å². The molecule has 2 N–H and O–H groups in total. The molecule has 2 aromatic rings. The summed E-state index contributed by atoms with van der Waals surface area (Å²) in [5.41, 5.74) is 1.63. The second-order valence-corrected chi connectivity index (χ2v) is 5.21. The first kappa shape index (κ1) is 16.8. The van der Waals surface area contributed by atoms with Gasteiger partial charge in [-0.25, -0.2) is 0 Å². The van der Waals surface area contributed by atoms with Crippen molar-refractivity contribution in [3.8, 4) is 5.75 Å². The van der Waals surface area contributed by atoms with Gasteiger partial charge in [-0.1, -0.05) is 41.9 Å². The molecule has 0 saturated carbocycles. The highest BCUT2D eigenvalue weighted by Crippen LogP contribution is 2.14. The van der Waals surface area contributed by atoms with Crippen molar-refractivity contribution in [1.82, 2.24) is 10.6 Å². The molecule has 0 aliphatic heterocycles. The Morgan fingerprint density at radius 1 is 0.957 bits per heavy atom. The second kappa shape index (κ2) is 8.19. The highest BCUT2D eigenvalue weighted by atomic mass is 35.5. The molecule has 0 fully saturated rings. The third-order valence-corrected chi connectivity index (χ3v) is 3.58. The van der Waals surface area contributed by atoms with Crippen LogP contribution in [0, 0.1) is 0 Å². The molecule has 0 radical (unpaired) electrons. The maximum Gasteiger partial charge on any atom is 0.309 e. The van der Waals surface area contributed by atoms with Gasteiger partial charge < -0.3 is 15.4 Å². The zero-order valence-corrected chi connectivity index (χ0v) is 13.4. The summed E-state index contributed by atoms with van der Waals surface area (Å²) in [4.78, 5) is 23.5. The summed E-state index contributed by atoms with van der Waals surface area (Å²) >= 11 is 5.99. The number of benzene rings is 2. The molecular weight excluding hydrogens is 316 g/mol. The smallest absolute Gasteiger partial charge is 0.309 e. The van der Waals surface area contributed by atoms with Crippen molar-refractivity contribution in [2.45, 2.75) is 13.1 Å². The molecule has 0 unspecified atom stereocenters. The lowest BCUT2D eigenvalue weighted by atomic mass is 10.2. The van der Waals surface area contributed by atoms with Gasteiger partial charge in [0.15, 0.2) is 0 Å². The highest BCUT2D eigenvalue weighted by molar-refractivity contribution is 6.35. The number of nitrogens with one attached hydrogen (secondary N) is 2. The van der Waals surface area contributed by atoms with E-state index in [4.69, 9.17) is 16.3 Å². The van der Waals surface area contributed by atoms with Crippen molar-refractivity contribution < 1.29 is 14.3 Å². The van der Waals surface area contributed by atoms with Crippen LogP contribution < -0.4 is 15.4 Å². The Bertz CT molecular complexity index is 686. The monoisotopic (exact) mass is 332 g/mol. The van der Waals surface area contributed by atoms with Crippen LogP contribution in [0.4, 0.5) is 0 Å². The van der Waals surface area contributed by atoms with Gasteiger partial charge in [-0.05, 0) is 29.3 Å². The lowest BCUT2D eigenvalue weighted by Crippen LogP contribution is -2.39. The normalized spacial score (nSPS) is 10.0. The van der Waals surface area contributed by atoms with Gasteiger partial charge in [-0.2, -0.15) is 0 Å². The molecule has 0 heterocycles. The maximum atomic E-state index is 11.8. The quantitative estimate of drug-likeness (QED) is 0.825. The lowest BCUT2D eigenvalue weighted by molar-refractivity contribution is -0.139. The summed E-state index contributed by atoms with van der Waals surface area (Å²) in [6, 6.07) is 14.4. The van der Waals surface area contributed by atoms with Crippen LogP contribution in [-0.4, -0.2) is 18.9 Å². The van der Waals surface area contributed by atoms with E-state index in [-0.39, 0.29) is 13.1 Å². The fourth-order valence-electron chi connectivity index (χ4n) is 1.90. The zero-order valence-electron chi connectivity index (χ0n) is 12.6. The Labute approximate surface area is 139 Å². The van der Waals surface area contributed by atoms with Gasteiger partial charge in [0.05, 0.1) is 7.11 Å². The summed E-state index contributed by atoms with van der Waals surface area (Å²) in [6.45, 7) is 0.469. The van der Waals surface area contributed by atoms with Gasteiger partial charge >= 0.3 is 11.8 Å². The number of ether oxygens (including phenoxy) is 1. The van der Waals surface area contributed by atoms with E-state index < -0.39 is 11.8 Å². The van der Waals surface area contributed by atoms with Gasteiger partial charge in [0.25, 0.3) is 0 Å². The lowest BCUT2D eigenvalue weighted by Gasteiger charge is -2.08. The van der Waals surface area contributed by atoms with Crippen molar-refractivity contribution >= 4 is 23.4 Å². The van der Waals surface area contributed by atoms with Crippen LogP contribution in [0.5, 0.6) is 5.75 Å². The molecule has 0 bridgehead atoms. The van der Waals surface area contributed by atoms with Crippen LogP contribution in [0.1, 0.15) is 11.1 Å². The number of carbonyl (C=O) groups is 2. The van der Waals surface area contributed by atoms with Crippen LogP contribution in [0.2, 0.25) is 5.02 Å². The first-order valence-electron chi connectivity index (χ1n) is 7.02. The summed E-state index contributed by atoms with van der Waals surface area (Å²) in [5.74, 6) is -0.649. The Kier molecular flexibility index (Phi) is 6.00. The number of carbonyl (C=O) groups excluding carboxylic acids is 2. The van der Waals surface area contributed by atoms with Crippen molar-refractivity contribution in [2.24, 2.45) is 0 Å². The number of rotatable bonds is 5. The molecule has 2 rings (SSSR count). The SMILES string of the molecule is COc1ccc(CNC(=O)C(=O)NCc2ccccc2Cl)cc1. The zero-order chi connectivity index (χ0) is 16.7. The molecule has 0 spiro atoms. The van der Waals surface area contributed by atoms with Gasteiger partial charge in [0.1, 0.15) is 5.75 Å². The number of hydrogen-bond acceptors (Lipinski definition) is 3. The predicted octanol–water partition coefficient (Wildman–Crippen LogP) is 2.28. The average Bonchev–Trinajstić information content (AvgIpc) is 2.59. The van der Waals surface area contributed by atoms with E-state index in [9.17, 15) is 9.59 Å². The second-order valence-electron chi connectivity index (χ2n) is 4.80. The van der Waals surface area contributed by atoms with Gasteiger partial charge in [0, 0.05) is 18.1 Å². The first-order valence-corrected chi connectivity index (χ1v) is 7.40. The molecule has 2 amide bonds. The first-order chi connectivity index (χ1) is 11.1. The number of hydrogen-bond donors (Lipinski definition) is 2. The minimum Gasteiger partial charge on any atom is -0.497 e. The number of methoxy groups -OCH3 is 1. The molecule has 0 saturated heterocycles. The van der Waals surface area contributed by atoms with Crippen molar-refractivity contribution in [3.05, 3.63) is 64.7 Å². The molecule has 0 aliphatic rings. The van der Waals surface area contributed by atoms with Gasteiger partial charge in [-0.15, -0.1) is 0 Å². The van der Waals surface area contributed by atoms with Gasteiger partial charge in [0.2, 0.25) is 0 Å². The number of halogens is 1. The molecule has 23 heavy (non-hydrogen) atoms. The summed E-state index contributed by atoms with van der Waals surface area (Å²) in [5, 5.41) is 5.65. The summed E-state index contributed by atoms with van der Waals surface area (Å²) < 4.78 is 5.05. The highest BCUT2D eigenvalue weighted by Gasteiger charge is 2.13. The number of amides is 2. The standard InChI is InChI=1S/C17H17ClN2O3/c1-23-14-8-6-12(7-9-14)10-19-16(21)17(22)20-11-13-4-2-3-5-15(13)18/h2-9H,10-11H2,1H3,(H,19,21)(H,20,22). The fourth-order valence-corrected chi connectivity index (χ4v) is 2.11. The van der Waals surface area contributed by atoms with Crippen molar-refractivity contribution in [3.63, 3.8) is 0 Å². The van der Waals surface area contributed by atoms with E-state index in [0.717, 1.165) is 16.9 Å². The molecule has 120 valence electrons. The largest absolute Gasteiger partial charge is 0.497 e. The van der Waals surface area contributed by atoms with E-state index in [1.54, 1.807) is 37.4 Å². The minimum atomic E-state index is -0.696. The molecule has 0 aromatic heterocycles.